The lowest BCUT2D eigenvalue weighted by Crippen LogP contribution is -2.30. The molecule has 558 valence electrons. The molecule has 0 aromatic carbocycles. The number of carbonyl (C=O) groups excluding carboxylic acids is 4. The molecule has 0 aromatic heterocycles. The molecule has 0 amide bonds. The maximum Gasteiger partial charge on any atom is 0.472 e. The second kappa shape index (κ2) is 68.2. The maximum atomic E-state index is 13.1. The zero-order chi connectivity index (χ0) is 69.1. The predicted molar refractivity (Wildman–Crippen MR) is 382 cm³/mol. The van der Waals surface area contributed by atoms with E-state index in [9.17, 15) is 43.2 Å². The Morgan fingerprint density at radius 2 is 0.489 bits per heavy atom. The van der Waals surface area contributed by atoms with E-state index >= 15 is 0 Å². The molecule has 3 N–H and O–H groups in total. The average Bonchev–Trinajstić information content (AvgIpc) is 1.57. The summed E-state index contributed by atoms with van der Waals surface area (Å²) in [4.78, 5) is 72.7. The lowest BCUT2D eigenvalue weighted by Gasteiger charge is -2.21. The third-order valence-electron chi connectivity index (χ3n) is 17.5. The number of aliphatic hydroxyl groups is 1. The normalized spacial score (nSPS) is 14.0. The monoisotopic (exact) mass is 1380 g/mol. The summed E-state index contributed by atoms with van der Waals surface area (Å²) in [5.41, 5.74) is 0. The van der Waals surface area contributed by atoms with Gasteiger partial charge in [-0.15, -0.1) is 0 Å². The number of ether oxygens (including phenoxy) is 4. The number of carbonyl (C=O) groups is 4. The molecule has 0 aromatic rings. The van der Waals surface area contributed by atoms with Gasteiger partial charge in [-0.25, -0.2) is 9.13 Å². The van der Waals surface area contributed by atoms with Crippen LogP contribution in [0.3, 0.4) is 0 Å². The van der Waals surface area contributed by atoms with Crippen molar-refractivity contribution in [2.24, 2.45) is 5.92 Å². The van der Waals surface area contributed by atoms with Crippen LogP contribution < -0.4 is 0 Å². The van der Waals surface area contributed by atoms with E-state index in [1.165, 1.54) is 212 Å². The van der Waals surface area contributed by atoms with Crippen LogP contribution in [0.2, 0.25) is 0 Å². The summed E-state index contributed by atoms with van der Waals surface area (Å²) in [7, 11) is -9.90. The Morgan fingerprint density at radius 3 is 0.723 bits per heavy atom. The molecule has 0 aliphatic rings. The van der Waals surface area contributed by atoms with E-state index in [2.05, 4.69) is 34.6 Å². The summed E-state index contributed by atoms with van der Waals surface area (Å²) in [6.07, 6.45) is 57.1. The molecule has 0 saturated heterocycles. The fraction of sp³-hybridized carbons (Fsp3) is 0.947. The van der Waals surface area contributed by atoms with Gasteiger partial charge in [-0.1, -0.05) is 343 Å². The fourth-order valence-electron chi connectivity index (χ4n) is 11.5. The Bertz CT molecular complexity index is 1810. The molecule has 94 heavy (non-hydrogen) atoms. The number of phosphoric ester groups is 2. The first-order chi connectivity index (χ1) is 45.5. The smallest absolute Gasteiger partial charge is 0.462 e. The number of hydrogen-bond acceptors (Lipinski definition) is 15. The molecule has 5 atom stereocenters. The summed E-state index contributed by atoms with van der Waals surface area (Å²) in [6.45, 7) is 7.20. The Morgan fingerprint density at radius 1 is 0.287 bits per heavy atom. The number of esters is 4. The van der Waals surface area contributed by atoms with Gasteiger partial charge in [-0.3, -0.25) is 37.3 Å². The summed E-state index contributed by atoms with van der Waals surface area (Å²) >= 11 is 0. The topological polar surface area (TPSA) is 237 Å². The van der Waals surface area contributed by atoms with Crippen molar-refractivity contribution in [1.82, 2.24) is 0 Å². The van der Waals surface area contributed by atoms with Crippen LogP contribution in [0.25, 0.3) is 0 Å². The molecule has 0 aliphatic heterocycles. The van der Waals surface area contributed by atoms with Gasteiger partial charge in [0, 0.05) is 25.7 Å². The minimum absolute atomic E-state index is 0.106. The van der Waals surface area contributed by atoms with Crippen LogP contribution in [0.5, 0.6) is 0 Å². The molecular formula is C75H146O17P2. The minimum Gasteiger partial charge on any atom is -0.462 e. The van der Waals surface area contributed by atoms with Crippen molar-refractivity contribution in [3.63, 3.8) is 0 Å². The van der Waals surface area contributed by atoms with E-state index in [1.807, 2.05) is 0 Å². The SMILES string of the molecule is CCCCCCCCCCCCCCCCCCCCCCC(=O)O[C@H](COC(=O)CCCCCCCCCCCCCCCC)COP(=O)(O)OC[C@@H](O)COP(=O)(O)OC[C@@H](COC(=O)CCCCCCCCC(C)C)OC(=O)CCCCCCCCCCCCC. The lowest BCUT2D eigenvalue weighted by atomic mass is 10.0. The Hall–Kier alpha value is -1.94. The van der Waals surface area contributed by atoms with Gasteiger partial charge < -0.3 is 33.8 Å². The van der Waals surface area contributed by atoms with Crippen molar-refractivity contribution in [3.05, 3.63) is 0 Å². The largest absolute Gasteiger partial charge is 0.472 e. The first-order valence-electron chi connectivity index (χ1n) is 39.1. The first kappa shape index (κ1) is 92.1. The van der Waals surface area contributed by atoms with Crippen molar-refractivity contribution in [2.45, 2.75) is 412 Å². The van der Waals surface area contributed by atoms with Crippen molar-refractivity contribution in [2.75, 3.05) is 39.6 Å². The first-order valence-corrected chi connectivity index (χ1v) is 42.1. The molecule has 0 bridgehead atoms. The molecule has 0 rings (SSSR count). The molecule has 0 spiro atoms. The zero-order valence-electron chi connectivity index (χ0n) is 61.1. The zero-order valence-corrected chi connectivity index (χ0v) is 62.9. The maximum absolute atomic E-state index is 13.1. The molecule has 0 heterocycles. The number of unbranched alkanes of at least 4 members (excludes halogenated alkanes) is 47. The average molecular weight is 1380 g/mol. The van der Waals surface area contributed by atoms with Crippen molar-refractivity contribution >= 4 is 39.5 Å². The highest BCUT2D eigenvalue weighted by Gasteiger charge is 2.30. The van der Waals surface area contributed by atoms with Gasteiger partial charge in [0.15, 0.2) is 12.2 Å². The summed E-state index contributed by atoms with van der Waals surface area (Å²) < 4.78 is 68.4. The third kappa shape index (κ3) is 68.6. The second-order valence-corrected chi connectivity index (χ2v) is 30.4. The highest BCUT2D eigenvalue weighted by Crippen LogP contribution is 2.45. The molecule has 0 radical (unpaired) electrons. The second-order valence-electron chi connectivity index (χ2n) is 27.5. The van der Waals surface area contributed by atoms with Gasteiger partial charge in [0.1, 0.15) is 19.3 Å². The van der Waals surface area contributed by atoms with Crippen LogP contribution in [0.1, 0.15) is 394 Å². The fourth-order valence-corrected chi connectivity index (χ4v) is 13.1. The van der Waals surface area contributed by atoms with E-state index in [1.54, 1.807) is 0 Å². The molecule has 19 heteroatoms. The van der Waals surface area contributed by atoms with Gasteiger partial charge in [0.2, 0.25) is 0 Å². The Labute approximate surface area is 575 Å². The molecule has 0 saturated carbocycles. The van der Waals surface area contributed by atoms with Gasteiger partial charge in [-0.2, -0.15) is 0 Å². The Kier molecular flexibility index (Phi) is 66.8. The van der Waals surface area contributed by atoms with Crippen LogP contribution in [0, 0.1) is 5.92 Å². The van der Waals surface area contributed by atoms with Gasteiger partial charge in [0.25, 0.3) is 0 Å². The van der Waals surface area contributed by atoms with Crippen molar-refractivity contribution < 1.29 is 80.2 Å². The summed E-state index contributed by atoms with van der Waals surface area (Å²) in [6, 6.07) is 0. The molecule has 17 nitrogen and oxygen atoms in total. The van der Waals surface area contributed by atoms with E-state index in [4.69, 9.17) is 37.0 Å². The quantitative estimate of drug-likeness (QED) is 0.0222. The van der Waals surface area contributed by atoms with Crippen molar-refractivity contribution in [3.8, 4) is 0 Å². The standard InChI is InChI=1S/C75H146O17P2/c1-6-9-12-15-18-21-24-26-28-29-30-31-32-33-35-38-41-44-51-56-61-75(80)91-70(64-85-72(77)58-53-48-42-39-37-34-27-25-22-19-16-13-10-7-2)66-89-93(81,82)87-62-69(76)63-88-94(83,84)90-67-71(65-86-73(78)59-54-49-46-45-47-52-57-68(4)5)92-74(79)60-55-50-43-40-36-23-20-17-14-11-8-3/h68-71,76H,6-67H2,1-5H3,(H,81,82)(H,83,84)/t69-,70-,71-/m1/s1. The number of hydrogen-bond donors (Lipinski definition) is 3. The number of aliphatic hydroxyl groups excluding tert-OH is 1. The minimum atomic E-state index is -4.96. The number of phosphoric acid groups is 2. The number of rotatable bonds is 75. The van der Waals surface area contributed by atoms with Crippen molar-refractivity contribution in [1.29, 1.82) is 0 Å². The van der Waals surface area contributed by atoms with E-state index in [0.717, 1.165) is 96.3 Å². The third-order valence-corrected chi connectivity index (χ3v) is 19.4. The van der Waals surface area contributed by atoms with Crippen LogP contribution in [0.4, 0.5) is 0 Å². The summed E-state index contributed by atoms with van der Waals surface area (Å²) in [5, 5.41) is 10.6. The predicted octanol–water partition coefficient (Wildman–Crippen LogP) is 22.1. The van der Waals surface area contributed by atoms with E-state index in [-0.39, 0.29) is 25.7 Å². The molecule has 2 unspecified atom stereocenters. The van der Waals surface area contributed by atoms with Crippen LogP contribution in [0.15, 0.2) is 0 Å². The highest BCUT2D eigenvalue weighted by molar-refractivity contribution is 7.47. The molecule has 0 fully saturated rings. The van der Waals surface area contributed by atoms with E-state index in [0.29, 0.717) is 31.6 Å². The molecular weight excluding hydrogens is 1230 g/mol. The van der Waals surface area contributed by atoms with Gasteiger partial charge in [-0.05, 0) is 31.6 Å². The summed E-state index contributed by atoms with van der Waals surface area (Å²) in [5.74, 6) is -1.44. The van der Waals surface area contributed by atoms with E-state index < -0.39 is 97.5 Å². The lowest BCUT2D eigenvalue weighted by molar-refractivity contribution is -0.161. The van der Waals surface area contributed by atoms with Crippen LogP contribution in [-0.2, 0) is 65.4 Å². The van der Waals surface area contributed by atoms with Gasteiger partial charge >= 0.3 is 39.5 Å². The van der Waals surface area contributed by atoms with Crippen LogP contribution in [-0.4, -0.2) is 96.7 Å². The molecule has 0 aliphatic carbocycles. The van der Waals surface area contributed by atoms with Crippen LogP contribution >= 0.6 is 15.6 Å². The van der Waals surface area contributed by atoms with Gasteiger partial charge in [0.05, 0.1) is 26.4 Å². The Balaban J connectivity index is 5.20. The highest BCUT2D eigenvalue weighted by atomic mass is 31.2.